The van der Waals surface area contributed by atoms with Crippen LogP contribution in [0.4, 0.5) is 5.69 Å². The van der Waals surface area contributed by atoms with E-state index in [1.54, 1.807) is 54.6 Å². The fourth-order valence-corrected chi connectivity index (χ4v) is 3.72. The van der Waals surface area contributed by atoms with Crippen LogP contribution in [0, 0.1) is 0 Å². The first-order valence-corrected chi connectivity index (χ1v) is 9.89. The van der Waals surface area contributed by atoms with Gasteiger partial charge >= 0.3 is 0 Å². The van der Waals surface area contributed by atoms with Gasteiger partial charge in [-0.25, -0.2) is 0 Å². The minimum Gasteiger partial charge on any atom is -0.503 e. The van der Waals surface area contributed by atoms with Gasteiger partial charge in [0.25, 0.3) is 5.91 Å². The van der Waals surface area contributed by atoms with Gasteiger partial charge in [0.15, 0.2) is 5.76 Å². The number of ketones is 1. The van der Waals surface area contributed by atoms with E-state index in [1.807, 2.05) is 6.07 Å². The van der Waals surface area contributed by atoms with E-state index in [1.165, 1.54) is 32.3 Å². The first-order chi connectivity index (χ1) is 15.4. The van der Waals surface area contributed by atoms with Crippen molar-refractivity contribution in [2.24, 2.45) is 0 Å². The van der Waals surface area contributed by atoms with Crippen LogP contribution in [0.15, 0.2) is 82.8 Å². The summed E-state index contributed by atoms with van der Waals surface area (Å²) in [5.41, 5.74) is 2.51. The highest BCUT2D eigenvalue weighted by atomic mass is 16.7. The predicted molar refractivity (Wildman–Crippen MR) is 116 cm³/mol. The molecule has 3 aromatic rings. The Morgan fingerprint density at radius 1 is 1.06 bits per heavy atom. The van der Waals surface area contributed by atoms with Crippen LogP contribution in [-0.4, -0.2) is 42.0 Å². The Kier molecular flexibility index (Phi) is 5.65. The molecule has 0 bridgehead atoms. The van der Waals surface area contributed by atoms with Crippen molar-refractivity contribution in [1.29, 1.82) is 0 Å². The molecule has 8 nitrogen and oxygen atoms in total. The Labute approximate surface area is 184 Å². The largest absolute Gasteiger partial charge is 0.503 e. The number of amides is 1. The molecule has 1 aliphatic heterocycles. The van der Waals surface area contributed by atoms with Crippen LogP contribution >= 0.6 is 0 Å². The van der Waals surface area contributed by atoms with Crippen LogP contribution in [0.3, 0.4) is 0 Å². The van der Waals surface area contributed by atoms with E-state index in [4.69, 9.17) is 14.0 Å². The lowest BCUT2D eigenvalue weighted by Gasteiger charge is -2.30. The van der Waals surface area contributed by atoms with Crippen LogP contribution in [0.5, 0.6) is 0 Å². The summed E-state index contributed by atoms with van der Waals surface area (Å²) in [4.78, 5) is 28.0. The number of hydrogen-bond acceptors (Lipinski definition) is 7. The number of aromatic nitrogens is 1. The molecule has 164 valence electrons. The second-order valence-electron chi connectivity index (χ2n) is 7.37. The molecule has 0 aliphatic carbocycles. The molecule has 1 aromatic heterocycles. The highest BCUT2D eigenvalue weighted by Gasteiger charge is 2.49. The summed E-state index contributed by atoms with van der Waals surface area (Å²) in [6, 6.07) is 16.9. The van der Waals surface area contributed by atoms with Gasteiger partial charge in [-0.15, -0.1) is 0 Å². The molecule has 0 spiro atoms. The molecule has 0 fully saturated rings. The first kappa shape index (κ1) is 21.5. The van der Waals surface area contributed by atoms with Crippen molar-refractivity contribution in [3.63, 3.8) is 0 Å². The SMILES string of the molecule is COC(C)(OC)C(=O)C1=C(O)C(=O)N(c2ccc(-c3ccon3)cc2)C1c1ccccc1. The topological polar surface area (TPSA) is 102 Å². The minimum atomic E-state index is -1.66. The van der Waals surface area contributed by atoms with Crippen molar-refractivity contribution in [3.8, 4) is 11.3 Å². The predicted octanol–water partition coefficient (Wildman–Crippen LogP) is 3.82. The standard InChI is InChI=1S/C24H22N2O6/c1-24(30-2,31-3)22(28)19-20(16-7-5-4-6-8-16)26(23(29)21(19)27)17-11-9-15(10-12-17)18-13-14-32-25-18/h4-14,20,27H,1-3H3. The van der Waals surface area contributed by atoms with Crippen LogP contribution in [0.25, 0.3) is 11.3 Å². The van der Waals surface area contributed by atoms with Gasteiger partial charge in [0.1, 0.15) is 12.0 Å². The number of nitrogens with zero attached hydrogens (tertiary/aromatic N) is 2. The number of rotatable bonds is 7. The van der Waals surface area contributed by atoms with Gasteiger partial charge in [-0.3, -0.25) is 14.5 Å². The fraction of sp³-hybridized carbons (Fsp3) is 0.208. The molecular formula is C24H22N2O6. The van der Waals surface area contributed by atoms with Crippen molar-refractivity contribution in [3.05, 3.63) is 83.8 Å². The zero-order chi connectivity index (χ0) is 22.9. The molecule has 32 heavy (non-hydrogen) atoms. The summed E-state index contributed by atoms with van der Waals surface area (Å²) in [5.74, 6) is -3.62. The molecule has 8 heteroatoms. The van der Waals surface area contributed by atoms with Crippen molar-refractivity contribution in [2.45, 2.75) is 18.8 Å². The maximum Gasteiger partial charge on any atom is 0.294 e. The van der Waals surface area contributed by atoms with E-state index in [9.17, 15) is 14.7 Å². The summed E-state index contributed by atoms with van der Waals surface area (Å²) in [7, 11) is 2.65. The fourth-order valence-electron chi connectivity index (χ4n) is 3.72. The van der Waals surface area contributed by atoms with Gasteiger partial charge in [0.05, 0.1) is 11.6 Å². The molecule has 1 atom stereocenters. The number of hydrogen-bond donors (Lipinski definition) is 1. The average Bonchev–Trinajstić information content (AvgIpc) is 3.46. The number of anilines is 1. The van der Waals surface area contributed by atoms with Crippen molar-refractivity contribution < 1.29 is 28.7 Å². The van der Waals surface area contributed by atoms with Crippen LogP contribution < -0.4 is 4.90 Å². The summed E-state index contributed by atoms with van der Waals surface area (Å²) >= 11 is 0. The Balaban J connectivity index is 1.81. The third kappa shape index (κ3) is 3.49. The molecule has 2 aromatic carbocycles. The van der Waals surface area contributed by atoms with E-state index >= 15 is 0 Å². The highest BCUT2D eigenvalue weighted by molar-refractivity contribution is 6.18. The Hall–Kier alpha value is -3.75. The molecule has 1 amide bonds. The van der Waals surface area contributed by atoms with Crippen LogP contribution in [0.2, 0.25) is 0 Å². The Morgan fingerprint density at radius 3 is 2.28 bits per heavy atom. The van der Waals surface area contributed by atoms with E-state index in [0.717, 1.165) is 5.56 Å². The number of ether oxygens (including phenoxy) is 2. The quantitative estimate of drug-likeness (QED) is 0.564. The van der Waals surface area contributed by atoms with E-state index in [-0.39, 0.29) is 5.57 Å². The Bertz CT molecular complexity index is 1150. The molecule has 0 saturated heterocycles. The van der Waals surface area contributed by atoms with Crippen LogP contribution in [0.1, 0.15) is 18.5 Å². The van der Waals surface area contributed by atoms with Gasteiger partial charge in [0, 0.05) is 31.5 Å². The zero-order valence-corrected chi connectivity index (χ0v) is 17.8. The minimum absolute atomic E-state index is 0.0898. The second kappa shape index (κ2) is 8.41. The second-order valence-corrected chi connectivity index (χ2v) is 7.37. The number of Topliss-reactive ketones (excluding diaryl/α,β-unsaturated/α-hetero) is 1. The van der Waals surface area contributed by atoms with Gasteiger partial charge in [0.2, 0.25) is 11.6 Å². The van der Waals surface area contributed by atoms with E-state index in [2.05, 4.69) is 5.16 Å². The number of methoxy groups -OCH3 is 2. The number of carbonyl (C=O) groups excluding carboxylic acids is 2. The Morgan fingerprint density at radius 2 is 1.72 bits per heavy atom. The maximum atomic E-state index is 13.4. The number of carbonyl (C=O) groups is 2. The molecular weight excluding hydrogens is 412 g/mol. The van der Waals surface area contributed by atoms with Gasteiger partial charge in [-0.2, -0.15) is 0 Å². The van der Waals surface area contributed by atoms with Gasteiger partial charge < -0.3 is 19.1 Å². The molecule has 0 radical (unpaired) electrons. The first-order valence-electron chi connectivity index (χ1n) is 9.89. The molecule has 2 heterocycles. The van der Waals surface area contributed by atoms with Crippen molar-refractivity contribution in [1.82, 2.24) is 5.16 Å². The normalized spacial score (nSPS) is 16.7. The lowest BCUT2D eigenvalue weighted by Crippen LogP contribution is -2.42. The summed E-state index contributed by atoms with van der Waals surface area (Å²) < 4.78 is 15.4. The van der Waals surface area contributed by atoms with Crippen molar-refractivity contribution >= 4 is 17.4 Å². The zero-order valence-electron chi connectivity index (χ0n) is 17.8. The molecule has 0 saturated carbocycles. The average molecular weight is 434 g/mol. The summed E-state index contributed by atoms with van der Waals surface area (Å²) in [6.07, 6.45) is 1.47. The van der Waals surface area contributed by atoms with E-state index < -0.39 is 29.3 Å². The summed E-state index contributed by atoms with van der Waals surface area (Å²) in [5, 5.41) is 14.7. The smallest absolute Gasteiger partial charge is 0.294 e. The van der Waals surface area contributed by atoms with Crippen molar-refractivity contribution in [2.75, 3.05) is 19.1 Å². The number of aliphatic hydroxyl groups excluding tert-OH is 1. The summed E-state index contributed by atoms with van der Waals surface area (Å²) in [6.45, 7) is 1.44. The molecule has 1 N–H and O–H groups in total. The number of aliphatic hydroxyl groups is 1. The lowest BCUT2D eigenvalue weighted by molar-refractivity contribution is -0.195. The maximum absolute atomic E-state index is 13.4. The third-order valence-electron chi connectivity index (χ3n) is 5.64. The number of benzene rings is 2. The van der Waals surface area contributed by atoms with Crippen LogP contribution in [-0.2, 0) is 19.1 Å². The molecule has 4 rings (SSSR count). The van der Waals surface area contributed by atoms with Gasteiger partial charge in [-0.1, -0.05) is 47.6 Å². The molecule has 1 unspecified atom stereocenters. The molecule has 1 aliphatic rings. The van der Waals surface area contributed by atoms with Gasteiger partial charge in [-0.05, 0) is 24.6 Å². The monoisotopic (exact) mass is 434 g/mol. The third-order valence-corrected chi connectivity index (χ3v) is 5.64. The lowest BCUT2D eigenvalue weighted by atomic mass is 9.92. The highest BCUT2D eigenvalue weighted by Crippen LogP contribution is 2.43. The van der Waals surface area contributed by atoms with E-state index in [0.29, 0.717) is 16.9 Å².